The number of hydrogen-bond acceptors (Lipinski definition) is 9. The Hall–Kier alpha value is -1.94. The number of aryl methyl sites for hydroxylation is 1. The van der Waals surface area contributed by atoms with Crippen molar-refractivity contribution in [2.75, 3.05) is 24.3 Å². The monoisotopic (exact) mass is 403 g/mol. The highest BCUT2D eigenvalue weighted by atomic mass is 32.2. The Balaban J connectivity index is 1.72. The largest absolute Gasteiger partial charge is 0.396 e. The lowest BCUT2D eigenvalue weighted by Crippen LogP contribution is -2.48. The van der Waals surface area contributed by atoms with Crippen LogP contribution in [-0.4, -0.2) is 67.1 Å². The first-order valence-electron chi connectivity index (χ1n) is 9.41. The Kier molecular flexibility index (Phi) is 5.17. The van der Waals surface area contributed by atoms with E-state index >= 15 is 0 Å². The molecule has 8 nitrogen and oxygen atoms in total. The Morgan fingerprint density at radius 2 is 2.07 bits per heavy atom. The summed E-state index contributed by atoms with van der Waals surface area (Å²) in [5.74, 6) is 0.471. The topological polar surface area (TPSA) is 123 Å². The van der Waals surface area contributed by atoms with Gasteiger partial charge in [-0.3, -0.25) is 4.99 Å². The zero-order chi connectivity index (χ0) is 19.9. The lowest BCUT2D eigenvalue weighted by Gasteiger charge is -2.31. The van der Waals surface area contributed by atoms with E-state index < -0.39 is 11.8 Å². The summed E-state index contributed by atoms with van der Waals surface area (Å²) in [6.07, 6.45) is 7.94. The van der Waals surface area contributed by atoms with E-state index in [1.54, 1.807) is 18.8 Å². The Morgan fingerprint density at radius 3 is 2.75 bits per heavy atom. The van der Waals surface area contributed by atoms with Crippen molar-refractivity contribution >= 4 is 28.6 Å². The number of allylic oxidation sites excluding steroid dienone is 2. The molecule has 28 heavy (non-hydrogen) atoms. The van der Waals surface area contributed by atoms with Gasteiger partial charge in [0.25, 0.3) is 0 Å². The molecule has 0 amide bonds. The van der Waals surface area contributed by atoms with Crippen molar-refractivity contribution < 1.29 is 15.3 Å². The molecule has 0 radical (unpaired) electrons. The SMILES string of the molecule is CNc1nc(C)c(C2=NC3C=CC=CC3S2)c(N[C@@]2(O)CC[C@H](CO)[C@H]2O)n1. The van der Waals surface area contributed by atoms with Crippen molar-refractivity contribution in [3.63, 3.8) is 0 Å². The van der Waals surface area contributed by atoms with Crippen molar-refractivity contribution in [2.24, 2.45) is 10.9 Å². The average Bonchev–Trinajstić information content (AvgIpc) is 3.22. The molecule has 0 aromatic carbocycles. The lowest BCUT2D eigenvalue weighted by atomic mass is 10.0. The minimum absolute atomic E-state index is 0.0696. The van der Waals surface area contributed by atoms with Crippen LogP contribution >= 0.6 is 11.8 Å². The highest BCUT2D eigenvalue weighted by molar-refractivity contribution is 8.15. The van der Waals surface area contributed by atoms with Crippen molar-refractivity contribution in [1.82, 2.24) is 9.97 Å². The fourth-order valence-corrected chi connectivity index (χ4v) is 5.15. The van der Waals surface area contributed by atoms with E-state index in [1.807, 2.05) is 19.1 Å². The predicted octanol–water partition coefficient (Wildman–Crippen LogP) is 1.05. The zero-order valence-electron chi connectivity index (χ0n) is 15.8. The van der Waals surface area contributed by atoms with E-state index in [4.69, 9.17) is 4.99 Å². The molecule has 4 rings (SSSR count). The summed E-state index contributed by atoms with van der Waals surface area (Å²) in [4.78, 5) is 13.8. The van der Waals surface area contributed by atoms with E-state index in [-0.39, 0.29) is 23.8 Å². The molecule has 2 unspecified atom stereocenters. The molecule has 3 aliphatic rings. The Morgan fingerprint density at radius 1 is 1.29 bits per heavy atom. The molecule has 5 atom stereocenters. The summed E-state index contributed by atoms with van der Waals surface area (Å²) in [5.41, 5.74) is -0.104. The summed E-state index contributed by atoms with van der Waals surface area (Å²) in [5, 5.41) is 38.0. The number of nitrogens with zero attached hydrogens (tertiary/aromatic N) is 3. The number of thioether (sulfide) groups is 1. The van der Waals surface area contributed by atoms with Gasteiger partial charge in [0, 0.05) is 19.6 Å². The molecular weight excluding hydrogens is 378 g/mol. The lowest BCUT2D eigenvalue weighted by molar-refractivity contribution is -0.0545. The van der Waals surface area contributed by atoms with Crippen LogP contribution in [-0.2, 0) is 0 Å². The molecule has 150 valence electrons. The van der Waals surface area contributed by atoms with Gasteiger partial charge in [-0.2, -0.15) is 4.98 Å². The summed E-state index contributed by atoms with van der Waals surface area (Å²) in [7, 11) is 1.73. The summed E-state index contributed by atoms with van der Waals surface area (Å²) >= 11 is 1.64. The maximum absolute atomic E-state index is 11.0. The highest BCUT2D eigenvalue weighted by Crippen LogP contribution is 2.40. The number of aromatic nitrogens is 2. The maximum Gasteiger partial charge on any atom is 0.224 e. The van der Waals surface area contributed by atoms with Crippen LogP contribution in [0.2, 0.25) is 0 Å². The van der Waals surface area contributed by atoms with Crippen LogP contribution < -0.4 is 10.6 Å². The van der Waals surface area contributed by atoms with Crippen LogP contribution in [0.4, 0.5) is 11.8 Å². The van der Waals surface area contributed by atoms with E-state index in [1.165, 1.54) is 0 Å². The smallest absolute Gasteiger partial charge is 0.224 e. The molecule has 2 aliphatic carbocycles. The fourth-order valence-electron chi connectivity index (χ4n) is 3.88. The third kappa shape index (κ3) is 3.32. The summed E-state index contributed by atoms with van der Waals surface area (Å²) in [6.45, 7) is 1.71. The number of rotatable bonds is 5. The second kappa shape index (κ2) is 7.47. The van der Waals surface area contributed by atoms with Crippen molar-refractivity contribution in [3.8, 4) is 0 Å². The summed E-state index contributed by atoms with van der Waals surface area (Å²) in [6, 6.07) is 0.0696. The minimum Gasteiger partial charge on any atom is -0.396 e. The van der Waals surface area contributed by atoms with Gasteiger partial charge < -0.3 is 26.0 Å². The number of anilines is 2. The quantitative estimate of drug-likeness (QED) is 0.462. The van der Waals surface area contributed by atoms with Crippen molar-refractivity contribution in [1.29, 1.82) is 0 Å². The fraction of sp³-hybridized carbons (Fsp3) is 0.526. The molecule has 1 aromatic rings. The number of aliphatic hydroxyl groups is 3. The number of aliphatic hydroxyl groups excluding tert-OH is 2. The van der Waals surface area contributed by atoms with Crippen LogP contribution in [0, 0.1) is 12.8 Å². The number of nitrogens with one attached hydrogen (secondary N) is 2. The predicted molar refractivity (Wildman–Crippen MR) is 111 cm³/mol. The molecule has 9 heteroatoms. The average molecular weight is 404 g/mol. The third-order valence-electron chi connectivity index (χ3n) is 5.50. The standard InChI is InChI=1S/C19H25N5O3S/c1-10-14(17-22-12-5-3-4-6-13(12)28-17)16(23-18(20-2)21-10)24-19(27)8-7-11(9-25)15(19)26/h3-6,11-13,15,25-27H,7-9H2,1-2H3,(H2,20,21,23,24)/t11-,12?,13?,15-,19-/m1/s1. The molecule has 0 spiro atoms. The highest BCUT2D eigenvalue weighted by Gasteiger charge is 2.47. The van der Waals surface area contributed by atoms with Gasteiger partial charge in [0.1, 0.15) is 17.0 Å². The van der Waals surface area contributed by atoms with Gasteiger partial charge in [-0.05, 0) is 19.8 Å². The van der Waals surface area contributed by atoms with E-state index in [0.717, 1.165) is 16.3 Å². The molecule has 0 bridgehead atoms. The van der Waals surface area contributed by atoms with Crippen molar-refractivity contribution in [2.45, 2.75) is 42.9 Å². The van der Waals surface area contributed by atoms with Gasteiger partial charge in [0.15, 0.2) is 5.72 Å². The maximum atomic E-state index is 11.0. The van der Waals surface area contributed by atoms with Crippen LogP contribution in [0.1, 0.15) is 24.1 Å². The van der Waals surface area contributed by atoms with Crippen LogP contribution in [0.3, 0.4) is 0 Å². The molecule has 1 aliphatic heterocycles. The third-order valence-corrected chi connectivity index (χ3v) is 6.74. The van der Waals surface area contributed by atoms with E-state index in [9.17, 15) is 15.3 Å². The molecule has 1 saturated carbocycles. The van der Waals surface area contributed by atoms with Crippen molar-refractivity contribution in [3.05, 3.63) is 35.6 Å². The van der Waals surface area contributed by atoms with Gasteiger partial charge in [-0.25, -0.2) is 4.98 Å². The van der Waals surface area contributed by atoms with E-state index in [2.05, 4.69) is 32.8 Å². The van der Waals surface area contributed by atoms with Crippen LogP contribution in [0.15, 0.2) is 29.3 Å². The summed E-state index contributed by atoms with van der Waals surface area (Å²) < 4.78 is 0. The normalized spacial score (nSPS) is 33.7. The van der Waals surface area contributed by atoms with E-state index in [0.29, 0.717) is 24.6 Å². The Labute approximate surface area is 167 Å². The van der Waals surface area contributed by atoms with Gasteiger partial charge in [0.2, 0.25) is 5.95 Å². The molecule has 2 heterocycles. The van der Waals surface area contributed by atoms with Gasteiger partial charge in [-0.1, -0.05) is 36.1 Å². The molecule has 1 fully saturated rings. The van der Waals surface area contributed by atoms with Gasteiger partial charge in [-0.15, -0.1) is 0 Å². The minimum atomic E-state index is -1.57. The second-order valence-corrected chi connectivity index (χ2v) is 8.53. The molecule has 1 aromatic heterocycles. The molecule has 5 N–H and O–H groups in total. The zero-order valence-corrected chi connectivity index (χ0v) is 16.6. The number of hydrogen-bond donors (Lipinski definition) is 5. The first-order valence-corrected chi connectivity index (χ1v) is 10.3. The molecular formula is C19H25N5O3S. The van der Waals surface area contributed by atoms with Crippen LogP contribution in [0.25, 0.3) is 0 Å². The van der Waals surface area contributed by atoms with Gasteiger partial charge >= 0.3 is 0 Å². The van der Waals surface area contributed by atoms with Crippen LogP contribution in [0.5, 0.6) is 0 Å². The number of aliphatic imine (C=N–C) groups is 1. The second-order valence-electron chi connectivity index (χ2n) is 7.36. The number of fused-ring (bicyclic) bond motifs is 1. The first-order chi connectivity index (χ1) is 13.4. The Bertz CT molecular complexity index is 858. The molecule has 0 saturated heterocycles. The first kappa shape index (κ1) is 19.4. The van der Waals surface area contributed by atoms with Gasteiger partial charge in [0.05, 0.1) is 22.5 Å².